The molecule has 3 nitrogen and oxygen atoms in total. The first-order valence-electron chi connectivity index (χ1n) is 5.21. The average Bonchev–Trinajstić information content (AvgIpc) is 2.22. The normalized spacial score (nSPS) is 9.19. The number of hydrogen-bond acceptors (Lipinski definition) is 3. The number of aryl methyl sites for hydroxylation is 2. The molecule has 16 heavy (non-hydrogen) atoms. The summed E-state index contributed by atoms with van der Waals surface area (Å²) in [6.45, 7) is 6.10. The number of nitrogens with zero attached hydrogens (tertiary/aromatic N) is 1. The third-order valence-corrected chi connectivity index (χ3v) is 1.96. The van der Waals surface area contributed by atoms with Crippen molar-refractivity contribution in [1.82, 2.24) is 4.98 Å². The number of carbonyl (C=O) groups is 1. The minimum absolute atomic E-state index is 0.114. The molecule has 84 valence electrons. The number of carbonyl (C=O) groups excluding carboxylic acids is 1. The summed E-state index contributed by atoms with van der Waals surface area (Å²) in [4.78, 5) is 15.2. The quantitative estimate of drug-likeness (QED) is 0.562. The van der Waals surface area contributed by atoms with Crippen LogP contribution in [0, 0.1) is 25.7 Å². The summed E-state index contributed by atoms with van der Waals surface area (Å²) < 4.78 is 4.77. The van der Waals surface area contributed by atoms with Gasteiger partial charge in [0.15, 0.2) is 0 Å². The van der Waals surface area contributed by atoms with Crippen LogP contribution in [0.3, 0.4) is 0 Å². The number of rotatable bonds is 2. The van der Waals surface area contributed by atoms with Crippen molar-refractivity contribution < 1.29 is 9.53 Å². The molecule has 1 aromatic heterocycles. The molecule has 0 N–H and O–H groups in total. The molecule has 1 heterocycles. The fraction of sp³-hybridized carbons (Fsp3) is 0.385. The molecule has 0 unspecified atom stereocenters. The highest BCUT2D eigenvalue weighted by atomic mass is 16.5. The Morgan fingerprint density at radius 2 is 2.25 bits per heavy atom. The van der Waals surface area contributed by atoms with E-state index >= 15 is 0 Å². The Bertz CT molecular complexity index is 441. The highest BCUT2D eigenvalue weighted by molar-refractivity contribution is 5.72. The van der Waals surface area contributed by atoms with Crippen molar-refractivity contribution >= 4 is 5.97 Å². The van der Waals surface area contributed by atoms with Crippen molar-refractivity contribution in [3.05, 3.63) is 29.1 Å². The molecule has 1 rings (SSSR count). The maximum absolute atomic E-state index is 11.0. The van der Waals surface area contributed by atoms with Gasteiger partial charge in [0, 0.05) is 6.20 Å². The van der Waals surface area contributed by atoms with Crippen LogP contribution < -0.4 is 0 Å². The standard InChI is InChI=1S/C13H15NO2/c1-4-16-13(15)7-5-6-12-11(3)8-10(2)9-14-12/h8-9H,4,7H2,1-3H3. The van der Waals surface area contributed by atoms with Crippen LogP contribution in [0.4, 0.5) is 0 Å². The van der Waals surface area contributed by atoms with E-state index in [-0.39, 0.29) is 12.4 Å². The third kappa shape index (κ3) is 3.74. The topological polar surface area (TPSA) is 39.2 Å². The summed E-state index contributed by atoms with van der Waals surface area (Å²) >= 11 is 0. The Hall–Kier alpha value is -1.82. The summed E-state index contributed by atoms with van der Waals surface area (Å²) in [5.74, 6) is 5.34. The zero-order valence-corrected chi connectivity index (χ0v) is 9.83. The van der Waals surface area contributed by atoms with Crippen LogP contribution in [0.5, 0.6) is 0 Å². The predicted octanol–water partition coefficient (Wildman–Crippen LogP) is 2.00. The van der Waals surface area contributed by atoms with Crippen molar-refractivity contribution in [3.63, 3.8) is 0 Å². The van der Waals surface area contributed by atoms with Crippen LogP contribution in [0.2, 0.25) is 0 Å². The second-order valence-electron chi connectivity index (χ2n) is 3.46. The predicted molar refractivity (Wildman–Crippen MR) is 61.8 cm³/mol. The van der Waals surface area contributed by atoms with Gasteiger partial charge in [-0.2, -0.15) is 0 Å². The largest absolute Gasteiger partial charge is 0.465 e. The smallest absolute Gasteiger partial charge is 0.317 e. The van der Waals surface area contributed by atoms with Gasteiger partial charge in [-0.15, -0.1) is 0 Å². The molecule has 0 amide bonds. The van der Waals surface area contributed by atoms with Gasteiger partial charge in [0.25, 0.3) is 0 Å². The van der Waals surface area contributed by atoms with Crippen molar-refractivity contribution in [2.75, 3.05) is 6.61 Å². The van der Waals surface area contributed by atoms with E-state index in [1.54, 1.807) is 13.1 Å². The Morgan fingerprint density at radius 3 is 2.88 bits per heavy atom. The van der Waals surface area contributed by atoms with Crippen molar-refractivity contribution in [2.24, 2.45) is 0 Å². The molecule has 0 saturated heterocycles. The molecule has 0 aliphatic rings. The van der Waals surface area contributed by atoms with Gasteiger partial charge in [0.2, 0.25) is 0 Å². The van der Waals surface area contributed by atoms with E-state index in [2.05, 4.69) is 16.8 Å². The number of esters is 1. The van der Waals surface area contributed by atoms with E-state index in [0.29, 0.717) is 6.61 Å². The third-order valence-electron chi connectivity index (χ3n) is 1.96. The highest BCUT2D eigenvalue weighted by Crippen LogP contribution is 2.05. The lowest BCUT2D eigenvalue weighted by molar-refractivity contribution is -0.141. The van der Waals surface area contributed by atoms with Gasteiger partial charge in [0.05, 0.1) is 6.61 Å². The van der Waals surface area contributed by atoms with E-state index in [1.807, 2.05) is 19.9 Å². The lowest BCUT2D eigenvalue weighted by Gasteiger charge is -1.98. The summed E-state index contributed by atoms with van der Waals surface area (Å²) in [7, 11) is 0. The summed E-state index contributed by atoms with van der Waals surface area (Å²) in [6, 6.07) is 2.02. The molecular weight excluding hydrogens is 202 g/mol. The maximum Gasteiger partial charge on any atom is 0.317 e. The van der Waals surface area contributed by atoms with Crippen molar-refractivity contribution in [2.45, 2.75) is 27.2 Å². The number of aromatic nitrogens is 1. The fourth-order valence-corrected chi connectivity index (χ4v) is 1.26. The summed E-state index contributed by atoms with van der Waals surface area (Å²) in [6.07, 6.45) is 1.88. The molecule has 0 radical (unpaired) electrons. The number of hydrogen-bond donors (Lipinski definition) is 0. The first-order valence-corrected chi connectivity index (χ1v) is 5.21. The first kappa shape index (κ1) is 12.3. The van der Waals surface area contributed by atoms with E-state index in [4.69, 9.17) is 4.74 Å². The van der Waals surface area contributed by atoms with Crippen LogP contribution in [-0.2, 0) is 9.53 Å². The zero-order valence-electron chi connectivity index (χ0n) is 9.83. The first-order chi connectivity index (χ1) is 7.63. The lowest BCUT2D eigenvalue weighted by Crippen LogP contribution is -2.01. The minimum Gasteiger partial charge on any atom is -0.465 e. The molecule has 1 aromatic rings. The summed E-state index contributed by atoms with van der Waals surface area (Å²) in [5, 5.41) is 0. The van der Waals surface area contributed by atoms with Crippen LogP contribution in [0.15, 0.2) is 12.3 Å². The lowest BCUT2D eigenvalue weighted by atomic mass is 10.1. The minimum atomic E-state index is -0.292. The van der Waals surface area contributed by atoms with Gasteiger partial charge < -0.3 is 4.74 Å². The van der Waals surface area contributed by atoms with Gasteiger partial charge in [0.1, 0.15) is 12.1 Å². The van der Waals surface area contributed by atoms with E-state index in [9.17, 15) is 4.79 Å². The maximum atomic E-state index is 11.0. The van der Waals surface area contributed by atoms with E-state index in [0.717, 1.165) is 16.8 Å². The molecule has 0 fully saturated rings. The zero-order chi connectivity index (χ0) is 12.0. The Balaban J connectivity index is 2.66. The SMILES string of the molecule is CCOC(=O)CC#Cc1ncc(C)cc1C. The van der Waals surface area contributed by atoms with Crippen molar-refractivity contribution in [1.29, 1.82) is 0 Å². The van der Waals surface area contributed by atoms with Gasteiger partial charge in [-0.3, -0.25) is 4.79 Å². The van der Waals surface area contributed by atoms with Crippen LogP contribution in [-0.4, -0.2) is 17.6 Å². The molecule has 0 aliphatic heterocycles. The fourth-order valence-electron chi connectivity index (χ4n) is 1.26. The number of pyridine rings is 1. The Labute approximate surface area is 95.8 Å². The molecule has 3 heteroatoms. The van der Waals surface area contributed by atoms with Crippen LogP contribution in [0.25, 0.3) is 0 Å². The molecular formula is C13H15NO2. The number of ether oxygens (including phenoxy) is 1. The van der Waals surface area contributed by atoms with Gasteiger partial charge >= 0.3 is 5.97 Å². The second kappa shape index (κ2) is 5.92. The monoisotopic (exact) mass is 217 g/mol. The Morgan fingerprint density at radius 1 is 1.50 bits per heavy atom. The van der Waals surface area contributed by atoms with Crippen LogP contribution in [0.1, 0.15) is 30.2 Å². The van der Waals surface area contributed by atoms with Gasteiger partial charge in [-0.25, -0.2) is 4.98 Å². The Kier molecular flexibility index (Phi) is 4.53. The van der Waals surface area contributed by atoms with E-state index < -0.39 is 0 Å². The molecule has 0 bridgehead atoms. The average molecular weight is 217 g/mol. The van der Waals surface area contributed by atoms with E-state index in [1.165, 1.54) is 0 Å². The summed E-state index contributed by atoms with van der Waals surface area (Å²) in [5.41, 5.74) is 2.85. The van der Waals surface area contributed by atoms with Crippen molar-refractivity contribution in [3.8, 4) is 11.8 Å². The molecule has 0 aromatic carbocycles. The molecule has 0 aliphatic carbocycles. The van der Waals surface area contributed by atoms with Crippen LogP contribution >= 0.6 is 0 Å². The molecule has 0 spiro atoms. The molecule has 0 atom stereocenters. The van der Waals surface area contributed by atoms with Gasteiger partial charge in [-0.05, 0) is 37.8 Å². The second-order valence-corrected chi connectivity index (χ2v) is 3.46. The van der Waals surface area contributed by atoms with Gasteiger partial charge in [-0.1, -0.05) is 12.0 Å². The molecule has 0 saturated carbocycles. The highest BCUT2D eigenvalue weighted by Gasteiger charge is 1.98.